The number of nitrogens with zero attached hydrogens (tertiary/aromatic N) is 4. The van der Waals surface area contributed by atoms with Crippen LogP contribution in [0.25, 0.3) is 0 Å². The number of halogens is 2. The highest BCUT2D eigenvalue weighted by Gasteiger charge is 2.29. The van der Waals surface area contributed by atoms with Crippen LogP contribution in [0, 0.1) is 0 Å². The highest BCUT2D eigenvalue weighted by atomic mass is 35.5. The number of rotatable bonds is 17. The summed E-state index contributed by atoms with van der Waals surface area (Å²) in [4.78, 5) is 63.9. The smallest absolute Gasteiger partial charge is 0.408 e. The van der Waals surface area contributed by atoms with Crippen molar-refractivity contribution in [2.45, 2.75) is 83.7 Å². The fourth-order valence-corrected chi connectivity index (χ4v) is 4.90. The van der Waals surface area contributed by atoms with Crippen LogP contribution in [0.4, 0.5) is 9.59 Å². The maximum absolute atomic E-state index is 13.4. The number of carbonyl (C=O) groups excluding carboxylic acids is 4. The third-order valence-electron chi connectivity index (χ3n) is 6.68. The summed E-state index contributed by atoms with van der Waals surface area (Å²) in [6.07, 6.45) is -1.26. The number of hydrogen-bond donors (Lipinski definition) is 4. The first-order chi connectivity index (χ1) is 23.2. The monoisotopic (exact) mass is 719 g/mol. The SMILES string of the molecule is CC(C)(C)OC(=O)NCCCCC(NC(=O)OCc1ccccc1)C(=O)NC(CC(=O)O)C(=O)Cn1nnc(Cc2c(Cl)cccc2Cl)n1. The lowest BCUT2D eigenvalue weighted by molar-refractivity contribution is -0.140. The molecular weight excluding hydrogens is 681 g/mol. The van der Waals surface area contributed by atoms with Crippen molar-refractivity contribution in [2.24, 2.45) is 0 Å². The molecule has 4 N–H and O–H groups in total. The predicted octanol–water partition coefficient (Wildman–Crippen LogP) is 4.09. The Morgan fingerprint density at radius 2 is 1.61 bits per heavy atom. The fourth-order valence-electron chi connectivity index (χ4n) is 4.37. The largest absolute Gasteiger partial charge is 0.481 e. The summed E-state index contributed by atoms with van der Waals surface area (Å²) >= 11 is 12.4. The normalized spacial score (nSPS) is 12.3. The van der Waals surface area contributed by atoms with Gasteiger partial charge in [0.25, 0.3) is 0 Å². The van der Waals surface area contributed by atoms with Gasteiger partial charge in [0.15, 0.2) is 11.6 Å². The first kappa shape index (κ1) is 38.7. The molecule has 3 amide bonds. The molecule has 0 fully saturated rings. The van der Waals surface area contributed by atoms with Gasteiger partial charge in [-0.05, 0) is 68.5 Å². The standard InChI is InChI=1S/C32H39Cl2N7O8/c1-32(2,3)49-30(46)35-15-8-7-14-24(37-31(47)48-19-20-10-5-4-6-11-20)29(45)36-25(17-28(43)44)26(42)18-41-39-27(38-40-41)16-21-22(33)12-9-13-23(21)34/h4-6,9-13,24-25H,7-8,14-19H2,1-3H3,(H,35,46)(H,36,45)(H,37,47)(H,43,44). The minimum Gasteiger partial charge on any atom is -0.481 e. The number of hydrogen-bond acceptors (Lipinski definition) is 10. The second kappa shape index (κ2) is 18.7. The average molecular weight is 721 g/mol. The van der Waals surface area contributed by atoms with E-state index in [2.05, 4.69) is 31.4 Å². The maximum atomic E-state index is 13.4. The van der Waals surface area contributed by atoms with Gasteiger partial charge in [-0.3, -0.25) is 14.4 Å². The van der Waals surface area contributed by atoms with Gasteiger partial charge < -0.3 is 30.5 Å². The number of tetrazole rings is 1. The third-order valence-corrected chi connectivity index (χ3v) is 7.39. The number of amides is 3. The quantitative estimate of drug-likeness (QED) is 0.146. The zero-order chi connectivity index (χ0) is 36.0. The Hall–Kier alpha value is -4.76. The van der Waals surface area contributed by atoms with Crippen LogP contribution in [0.3, 0.4) is 0 Å². The minimum atomic E-state index is -1.49. The Balaban J connectivity index is 1.65. The number of alkyl carbamates (subject to hydrolysis) is 2. The number of nitrogens with one attached hydrogen (secondary N) is 3. The summed E-state index contributed by atoms with van der Waals surface area (Å²) in [5.74, 6) is -2.67. The molecule has 17 heteroatoms. The highest BCUT2D eigenvalue weighted by Crippen LogP contribution is 2.25. The maximum Gasteiger partial charge on any atom is 0.408 e. The summed E-state index contributed by atoms with van der Waals surface area (Å²) in [6.45, 7) is 4.88. The van der Waals surface area contributed by atoms with Crippen molar-refractivity contribution in [3.05, 3.63) is 75.5 Å². The lowest BCUT2D eigenvalue weighted by Crippen LogP contribution is -2.52. The van der Waals surface area contributed by atoms with Crippen LogP contribution >= 0.6 is 23.2 Å². The molecule has 2 atom stereocenters. The first-order valence-corrected chi connectivity index (χ1v) is 16.1. The molecule has 0 saturated carbocycles. The summed E-state index contributed by atoms with van der Waals surface area (Å²) in [5.41, 5.74) is 0.617. The van der Waals surface area contributed by atoms with Crippen molar-refractivity contribution in [1.82, 2.24) is 36.2 Å². The summed E-state index contributed by atoms with van der Waals surface area (Å²) in [6, 6.07) is 11.2. The average Bonchev–Trinajstić information content (AvgIpc) is 3.46. The zero-order valence-electron chi connectivity index (χ0n) is 27.3. The Bertz CT molecular complexity index is 1580. The van der Waals surface area contributed by atoms with E-state index in [4.69, 9.17) is 32.7 Å². The van der Waals surface area contributed by atoms with Gasteiger partial charge in [-0.1, -0.05) is 59.6 Å². The van der Waals surface area contributed by atoms with Crippen molar-refractivity contribution >= 4 is 53.0 Å². The molecule has 0 bridgehead atoms. The highest BCUT2D eigenvalue weighted by molar-refractivity contribution is 6.36. The number of ketones is 1. The number of carboxylic acid groups (broad SMARTS) is 1. The molecule has 0 radical (unpaired) electrons. The Morgan fingerprint density at radius 3 is 2.27 bits per heavy atom. The van der Waals surface area contributed by atoms with Crippen LogP contribution in [0.5, 0.6) is 0 Å². The van der Waals surface area contributed by atoms with Crippen LogP contribution < -0.4 is 16.0 Å². The Morgan fingerprint density at radius 1 is 0.918 bits per heavy atom. The molecule has 0 aliphatic rings. The molecule has 0 aliphatic heterocycles. The number of benzene rings is 2. The van der Waals surface area contributed by atoms with E-state index in [-0.39, 0.29) is 31.8 Å². The molecule has 0 spiro atoms. The second-order valence-corrected chi connectivity index (χ2v) is 12.7. The van der Waals surface area contributed by atoms with Crippen LogP contribution in [-0.4, -0.2) is 79.4 Å². The van der Waals surface area contributed by atoms with Crippen LogP contribution in [0.1, 0.15) is 63.4 Å². The minimum absolute atomic E-state index is 0.0590. The van der Waals surface area contributed by atoms with E-state index in [0.29, 0.717) is 28.5 Å². The first-order valence-electron chi connectivity index (χ1n) is 15.4. The number of ether oxygens (including phenoxy) is 2. The Labute approximate surface area is 293 Å². The van der Waals surface area contributed by atoms with E-state index >= 15 is 0 Å². The molecule has 1 heterocycles. The molecule has 49 heavy (non-hydrogen) atoms. The number of Topliss-reactive ketones (excluding diaryl/α,β-unsaturated/α-hetero) is 1. The van der Waals surface area contributed by atoms with Crippen LogP contribution in [0.15, 0.2) is 48.5 Å². The van der Waals surface area contributed by atoms with Crippen LogP contribution in [0.2, 0.25) is 10.0 Å². The van der Waals surface area contributed by atoms with Crippen molar-refractivity contribution in [2.75, 3.05) is 6.54 Å². The molecule has 2 aromatic carbocycles. The summed E-state index contributed by atoms with van der Waals surface area (Å²) < 4.78 is 10.5. The van der Waals surface area contributed by atoms with Crippen molar-refractivity contribution in [3.8, 4) is 0 Å². The van der Waals surface area contributed by atoms with Gasteiger partial charge in [0.1, 0.15) is 30.8 Å². The molecule has 2 unspecified atom stereocenters. The van der Waals surface area contributed by atoms with E-state index < -0.39 is 60.5 Å². The number of unbranched alkanes of at least 4 members (excludes halogenated alkanes) is 1. The van der Waals surface area contributed by atoms with Gasteiger partial charge >= 0.3 is 18.2 Å². The topological polar surface area (TPSA) is 204 Å². The van der Waals surface area contributed by atoms with Crippen molar-refractivity contribution in [3.63, 3.8) is 0 Å². The van der Waals surface area contributed by atoms with Crippen molar-refractivity contribution in [1.29, 1.82) is 0 Å². The lowest BCUT2D eigenvalue weighted by atomic mass is 10.1. The zero-order valence-corrected chi connectivity index (χ0v) is 28.8. The van der Waals surface area contributed by atoms with E-state index in [1.54, 1.807) is 63.2 Å². The molecule has 0 saturated heterocycles. The molecule has 1 aromatic heterocycles. The summed E-state index contributed by atoms with van der Waals surface area (Å²) in [7, 11) is 0. The lowest BCUT2D eigenvalue weighted by Gasteiger charge is -2.22. The van der Waals surface area contributed by atoms with Gasteiger partial charge in [0.2, 0.25) is 5.91 Å². The molecule has 3 aromatic rings. The number of carbonyl (C=O) groups is 5. The van der Waals surface area contributed by atoms with Crippen molar-refractivity contribution < 1.29 is 38.6 Å². The van der Waals surface area contributed by atoms with E-state index in [1.807, 2.05) is 6.07 Å². The molecule has 3 rings (SSSR count). The van der Waals surface area contributed by atoms with E-state index in [9.17, 15) is 29.1 Å². The van der Waals surface area contributed by atoms with Gasteiger partial charge in [-0.15, -0.1) is 10.2 Å². The third kappa shape index (κ3) is 14.1. The van der Waals surface area contributed by atoms with Gasteiger partial charge in [-0.2, -0.15) is 4.80 Å². The summed E-state index contributed by atoms with van der Waals surface area (Å²) in [5, 5.41) is 29.8. The fraction of sp³-hybridized carbons (Fsp3) is 0.438. The van der Waals surface area contributed by atoms with E-state index in [1.165, 1.54) is 0 Å². The second-order valence-electron chi connectivity index (χ2n) is 11.9. The van der Waals surface area contributed by atoms with Gasteiger partial charge in [0, 0.05) is 23.0 Å². The number of carboxylic acids is 1. The number of aromatic nitrogens is 4. The molecule has 264 valence electrons. The molecule has 0 aliphatic carbocycles. The molecular formula is C32H39Cl2N7O8. The molecule has 15 nitrogen and oxygen atoms in total. The van der Waals surface area contributed by atoms with Crippen LogP contribution in [-0.2, 0) is 43.4 Å². The Kier molecular flexibility index (Phi) is 14.8. The van der Waals surface area contributed by atoms with Gasteiger partial charge in [-0.25, -0.2) is 9.59 Å². The predicted molar refractivity (Wildman–Crippen MR) is 178 cm³/mol. The number of aliphatic carboxylic acids is 1. The van der Waals surface area contributed by atoms with Gasteiger partial charge in [0.05, 0.1) is 6.42 Å². The van der Waals surface area contributed by atoms with E-state index in [0.717, 1.165) is 10.4 Å².